The molecular weight excluding hydrogens is 252 g/mol. The summed E-state index contributed by atoms with van der Waals surface area (Å²) < 4.78 is 1.65. The van der Waals surface area contributed by atoms with Crippen LogP contribution >= 0.6 is 11.6 Å². The van der Waals surface area contributed by atoms with Crippen LogP contribution in [0.1, 0.15) is 44.5 Å². The van der Waals surface area contributed by atoms with Crippen LogP contribution in [0.5, 0.6) is 0 Å². The van der Waals surface area contributed by atoms with Crippen LogP contribution in [-0.2, 0) is 5.66 Å². The Labute approximate surface area is 111 Å². The Morgan fingerprint density at radius 3 is 2.78 bits per heavy atom. The Morgan fingerprint density at radius 1 is 1.44 bits per heavy atom. The molecule has 0 spiro atoms. The summed E-state index contributed by atoms with van der Waals surface area (Å²) in [5.41, 5.74) is -0.126. The van der Waals surface area contributed by atoms with E-state index in [0.717, 1.165) is 12.8 Å². The first-order valence-corrected chi connectivity index (χ1v) is 6.79. The van der Waals surface area contributed by atoms with Gasteiger partial charge in [-0.1, -0.05) is 24.4 Å². The number of fused-ring (bicyclic) bond motifs is 1. The summed E-state index contributed by atoms with van der Waals surface area (Å²) in [4.78, 5) is 12.3. The minimum absolute atomic E-state index is 0.207. The summed E-state index contributed by atoms with van der Waals surface area (Å²) in [6.07, 6.45) is 3.73. The molecule has 1 aliphatic heterocycles. The summed E-state index contributed by atoms with van der Waals surface area (Å²) >= 11 is 5.93. The lowest BCUT2D eigenvalue weighted by molar-refractivity contribution is 0.0774. The summed E-state index contributed by atoms with van der Waals surface area (Å²) in [6.45, 7) is 1.99. The first-order valence-electron chi connectivity index (χ1n) is 6.42. The molecule has 1 saturated carbocycles. The molecule has 1 fully saturated rings. The molecular formula is C13H17ClN2O2. The van der Waals surface area contributed by atoms with E-state index in [1.165, 1.54) is 12.8 Å². The molecule has 0 saturated heterocycles. The molecule has 18 heavy (non-hydrogen) atoms. The number of nitrogens with zero attached hydrogens (tertiary/aromatic N) is 1. The van der Waals surface area contributed by atoms with E-state index in [-0.39, 0.29) is 10.6 Å². The van der Waals surface area contributed by atoms with Gasteiger partial charge < -0.3 is 5.11 Å². The molecule has 2 heterocycles. The Morgan fingerprint density at radius 2 is 2.11 bits per heavy atom. The van der Waals surface area contributed by atoms with Gasteiger partial charge in [0.05, 0.1) is 5.69 Å². The van der Waals surface area contributed by atoms with E-state index in [0.29, 0.717) is 11.6 Å². The van der Waals surface area contributed by atoms with E-state index in [9.17, 15) is 9.90 Å². The Bertz CT molecular complexity index is 536. The third-order valence-corrected chi connectivity index (χ3v) is 4.68. The SMILES string of the molecule is CC1(C2CCCC2)NC(O)c2ccc(Cl)c(=O)n21. The maximum atomic E-state index is 12.3. The number of aliphatic hydroxyl groups is 1. The third kappa shape index (κ3) is 1.56. The number of rotatable bonds is 1. The van der Waals surface area contributed by atoms with E-state index >= 15 is 0 Å². The second-order valence-corrected chi connectivity index (χ2v) is 5.83. The fourth-order valence-electron chi connectivity index (χ4n) is 3.42. The van der Waals surface area contributed by atoms with Crippen molar-refractivity contribution in [1.29, 1.82) is 0 Å². The number of nitrogens with one attached hydrogen (secondary N) is 1. The summed E-state index contributed by atoms with van der Waals surface area (Å²) in [6, 6.07) is 3.28. The van der Waals surface area contributed by atoms with Crippen LogP contribution in [0.25, 0.3) is 0 Å². The van der Waals surface area contributed by atoms with Gasteiger partial charge in [-0.25, -0.2) is 0 Å². The molecule has 3 rings (SSSR count). The van der Waals surface area contributed by atoms with Crippen LogP contribution in [0.3, 0.4) is 0 Å². The molecule has 4 nitrogen and oxygen atoms in total. The second kappa shape index (κ2) is 4.08. The quantitative estimate of drug-likeness (QED) is 0.819. The fraction of sp³-hybridized carbons (Fsp3) is 0.615. The maximum absolute atomic E-state index is 12.3. The molecule has 2 aliphatic rings. The first kappa shape index (κ1) is 12.2. The van der Waals surface area contributed by atoms with Gasteiger partial charge in [0.15, 0.2) is 0 Å². The highest BCUT2D eigenvalue weighted by molar-refractivity contribution is 6.30. The van der Waals surface area contributed by atoms with Gasteiger partial charge in [0.2, 0.25) is 0 Å². The van der Waals surface area contributed by atoms with Crippen molar-refractivity contribution in [1.82, 2.24) is 9.88 Å². The van der Waals surface area contributed by atoms with Crippen LogP contribution in [-0.4, -0.2) is 9.67 Å². The topological polar surface area (TPSA) is 54.3 Å². The van der Waals surface area contributed by atoms with E-state index in [1.54, 1.807) is 16.7 Å². The van der Waals surface area contributed by atoms with Crippen LogP contribution in [0, 0.1) is 5.92 Å². The standard InChI is InChI=1S/C13H17ClN2O2/c1-13(8-4-2-3-5-8)15-11(17)10-7-6-9(14)12(18)16(10)13/h6-8,11,15,17H,2-5H2,1H3. The smallest absolute Gasteiger partial charge is 0.271 e. The Hall–Kier alpha value is -0.840. The van der Waals surface area contributed by atoms with Gasteiger partial charge in [-0.2, -0.15) is 0 Å². The lowest BCUT2D eigenvalue weighted by Gasteiger charge is -2.34. The van der Waals surface area contributed by atoms with Crippen molar-refractivity contribution < 1.29 is 5.11 Å². The molecule has 1 aromatic heterocycles. The van der Waals surface area contributed by atoms with Crippen molar-refractivity contribution in [3.05, 3.63) is 33.2 Å². The van der Waals surface area contributed by atoms with E-state index < -0.39 is 11.9 Å². The molecule has 2 atom stereocenters. The minimum Gasteiger partial charge on any atom is -0.373 e. The molecule has 1 aromatic rings. The van der Waals surface area contributed by atoms with Crippen LogP contribution in [0.2, 0.25) is 5.02 Å². The van der Waals surface area contributed by atoms with Gasteiger partial charge in [0.25, 0.3) is 5.56 Å². The molecule has 98 valence electrons. The minimum atomic E-state index is -0.791. The molecule has 5 heteroatoms. The molecule has 0 amide bonds. The Kier molecular flexibility index (Phi) is 2.77. The zero-order valence-corrected chi connectivity index (χ0v) is 11.1. The summed E-state index contributed by atoms with van der Waals surface area (Å²) in [5, 5.41) is 13.5. The molecule has 0 bridgehead atoms. The number of aromatic nitrogens is 1. The van der Waals surface area contributed by atoms with Gasteiger partial charge in [0.1, 0.15) is 16.9 Å². The highest BCUT2D eigenvalue weighted by Crippen LogP contribution is 2.41. The molecule has 0 radical (unpaired) electrons. The van der Waals surface area contributed by atoms with Gasteiger partial charge >= 0.3 is 0 Å². The van der Waals surface area contributed by atoms with Crippen molar-refractivity contribution in [2.24, 2.45) is 5.92 Å². The van der Waals surface area contributed by atoms with Crippen LogP contribution in [0.15, 0.2) is 16.9 Å². The zero-order chi connectivity index (χ0) is 12.9. The molecule has 0 aromatic carbocycles. The number of aliphatic hydroxyl groups excluding tert-OH is 1. The average Bonchev–Trinajstić information content (AvgIpc) is 2.92. The molecule has 1 aliphatic carbocycles. The lowest BCUT2D eigenvalue weighted by atomic mass is 9.92. The highest BCUT2D eigenvalue weighted by Gasteiger charge is 2.46. The van der Waals surface area contributed by atoms with Gasteiger partial charge in [-0.05, 0) is 37.8 Å². The van der Waals surface area contributed by atoms with Gasteiger partial charge in [-0.3, -0.25) is 14.7 Å². The van der Waals surface area contributed by atoms with Crippen LogP contribution in [0.4, 0.5) is 0 Å². The lowest BCUT2D eigenvalue weighted by Crippen LogP contribution is -2.49. The largest absolute Gasteiger partial charge is 0.373 e. The Balaban J connectivity index is 2.17. The number of hydrogen-bond donors (Lipinski definition) is 2. The van der Waals surface area contributed by atoms with Crippen LogP contribution < -0.4 is 10.9 Å². The average molecular weight is 269 g/mol. The number of halogens is 1. The zero-order valence-electron chi connectivity index (χ0n) is 10.3. The maximum Gasteiger partial charge on any atom is 0.271 e. The summed E-state index contributed by atoms with van der Waals surface area (Å²) in [5.74, 6) is 0.365. The third-order valence-electron chi connectivity index (χ3n) is 4.39. The summed E-state index contributed by atoms with van der Waals surface area (Å²) in [7, 11) is 0. The van der Waals surface area contributed by atoms with Crippen molar-refractivity contribution in [3.63, 3.8) is 0 Å². The van der Waals surface area contributed by atoms with Crippen molar-refractivity contribution in [2.45, 2.75) is 44.5 Å². The first-order chi connectivity index (χ1) is 8.54. The van der Waals surface area contributed by atoms with E-state index in [2.05, 4.69) is 5.32 Å². The normalized spacial score (nSPS) is 31.8. The van der Waals surface area contributed by atoms with E-state index in [1.807, 2.05) is 6.92 Å². The van der Waals surface area contributed by atoms with E-state index in [4.69, 9.17) is 11.6 Å². The highest BCUT2D eigenvalue weighted by atomic mass is 35.5. The monoisotopic (exact) mass is 268 g/mol. The number of pyridine rings is 1. The van der Waals surface area contributed by atoms with Crippen molar-refractivity contribution in [2.75, 3.05) is 0 Å². The number of hydrogen-bond acceptors (Lipinski definition) is 3. The molecule has 2 N–H and O–H groups in total. The second-order valence-electron chi connectivity index (χ2n) is 5.42. The fourth-order valence-corrected chi connectivity index (χ4v) is 3.57. The van der Waals surface area contributed by atoms with Gasteiger partial charge in [-0.15, -0.1) is 0 Å². The van der Waals surface area contributed by atoms with Crippen molar-refractivity contribution >= 4 is 11.6 Å². The molecule has 2 unspecified atom stereocenters. The van der Waals surface area contributed by atoms with Crippen molar-refractivity contribution in [3.8, 4) is 0 Å². The predicted octanol–water partition coefficient (Wildman–Crippen LogP) is 1.96. The van der Waals surface area contributed by atoms with Gasteiger partial charge in [0, 0.05) is 0 Å². The predicted molar refractivity (Wildman–Crippen MR) is 69.4 cm³/mol.